The number of rotatable bonds is 3. The van der Waals surface area contributed by atoms with Crippen LogP contribution in [0.3, 0.4) is 0 Å². The lowest BCUT2D eigenvalue weighted by molar-refractivity contribution is -0.111. The van der Waals surface area contributed by atoms with Crippen molar-refractivity contribution in [1.82, 2.24) is 0 Å². The molecule has 0 heterocycles. The smallest absolute Gasteiger partial charge is 0.178 e. The van der Waals surface area contributed by atoms with Gasteiger partial charge in [-0.25, -0.2) is 0 Å². The average molecular weight is 124 g/mol. The topological polar surface area (TPSA) is 34.1 Å². The van der Waals surface area contributed by atoms with Crippen LogP contribution in [0.4, 0.5) is 0 Å². The van der Waals surface area contributed by atoms with Crippen molar-refractivity contribution in [3.8, 4) is 0 Å². The second kappa shape index (κ2) is 4.97. The molecule has 0 amide bonds. The minimum atomic E-state index is -0.162. The molecule has 0 bridgehead atoms. The summed E-state index contributed by atoms with van der Waals surface area (Å²) in [4.78, 5) is 20.1. The van der Waals surface area contributed by atoms with Crippen LogP contribution in [0.25, 0.3) is 0 Å². The van der Waals surface area contributed by atoms with Crippen LogP contribution >= 0.6 is 0 Å². The molecule has 0 rings (SSSR count). The van der Waals surface area contributed by atoms with Crippen LogP contribution in [0.1, 0.15) is 6.92 Å². The predicted molar refractivity (Wildman–Crippen MR) is 35.0 cm³/mol. The van der Waals surface area contributed by atoms with Crippen molar-refractivity contribution in [3.63, 3.8) is 0 Å². The minimum absolute atomic E-state index is 0.162. The lowest BCUT2D eigenvalue weighted by atomic mass is 10.3. The highest BCUT2D eigenvalue weighted by atomic mass is 16.1. The van der Waals surface area contributed by atoms with Gasteiger partial charge in [0.2, 0.25) is 0 Å². The van der Waals surface area contributed by atoms with E-state index in [1.807, 2.05) is 0 Å². The molecule has 2 heteroatoms. The normalized spacial score (nSPS) is 10.8. The monoisotopic (exact) mass is 124 g/mol. The zero-order chi connectivity index (χ0) is 7.11. The summed E-state index contributed by atoms with van der Waals surface area (Å²) in [5.74, 6) is -0.162. The Morgan fingerprint density at radius 2 is 2.00 bits per heavy atom. The van der Waals surface area contributed by atoms with Crippen molar-refractivity contribution in [2.24, 2.45) is 0 Å². The highest BCUT2D eigenvalue weighted by Crippen LogP contribution is 1.77. The number of aldehydes is 1. The van der Waals surface area contributed by atoms with Crippen molar-refractivity contribution in [3.05, 3.63) is 24.3 Å². The lowest BCUT2D eigenvalue weighted by Crippen LogP contribution is -1.83. The molecule has 0 N–H and O–H groups in total. The summed E-state index contributed by atoms with van der Waals surface area (Å²) in [6.07, 6.45) is 5.97. The minimum Gasteiger partial charge on any atom is -0.299 e. The number of ketones is 1. The molecule has 2 nitrogen and oxygen atoms in total. The molecule has 48 valence electrons. The molecule has 0 saturated carbocycles. The number of hydrogen-bond acceptors (Lipinski definition) is 2. The Kier molecular flexibility index (Phi) is 4.32. The van der Waals surface area contributed by atoms with Gasteiger partial charge in [-0.3, -0.25) is 9.59 Å². The Hall–Kier alpha value is -1.18. The first-order valence-electron chi connectivity index (χ1n) is 2.59. The fraction of sp³-hybridized carbons (Fsp3) is 0.143. The van der Waals surface area contributed by atoms with Gasteiger partial charge in [-0.15, -0.1) is 0 Å². The zero-order valence-corrected chi connectivity index (χ0v) is 5.20. The summed E-state index contributed by atoms with van der Waals surface area (Å²) in [7, 11) is 0. The number of carbonyl (C=O) groups is 2. The van der Waals surface area contributed by atoms with Gasteiger partial charge in [0.1, 0.15) is 6.29 Å². The van der Waals surface area contributed by atoms with Gasteiger partial charge in [-0.1, -0.05) is 6.08 Å². The Morgan fingerprint density at radius 3 is 2.44 bits per heavy atom. The van der Waals surface area contributed by atoms with E-state index in [-0.39, 0.29) is 5.78 Å². The third-order valence-corrected chi connectivity index (χ3v) is 0.670. The van der Waals surface area contributed by atoms with E-state index in [0.29, 0.717) is 6.29 Å². The van der Waals surface area contributed by atoms with E-state index in [1.165, 1.54) is 18.2 Å². The van der Waals surface area contributed by atoms with Crippen LogP contribution in [-0.4, -0.2) is 12.1 Å². The molecule has 0 aromatic rings. The number of hydrogen-bond donors (Lipinski definition) is 0. The van der Waals surface area contributed by atoms with E-state index in [0.717, 1.165) is 0 Å². The summed E-state index contributed by atoms with van der Waals surface area (Å²) in [6.45, 7) is 1.74. The molecular formula is C7H8O2. The van der Waals surface area contributed by atoms with Crippen LogP contribution < -0.4 is 0 Å². The fourth-order valence-electron chi connectivity index (χ4n) is 0.354. The van der Waals surface area contributed by atoms with E-state index in [9.17, 15) is 9.59 Å². The van der Waals surface area contributed by atoms with Crippen LogP contribution in [0.2, 0.25) is 0 Å². The van der Waals surface area contributed by atoms with Gasteiger partial charge in [0.15, 0.2) is 5.78 Å². The SMILES string of the molecule is CC=CC(=O)C=CC=O. The maximum Gasteiger partial charge on any atom is 0.178 e. The number of carbonyl (C=O) groups excluding carboxylic acids is 2. The maximum absolute atomic E-state index is 10.5. The van der Waals surface area contributed by atoms with Gasteiger partial charge >= 0.3 is 0 Å². The molecule has 0 spiro atoms. The van der Waals surface area contributed by atoms with Crippen LogP contribution in [0.5, 0.6) is 0 Å². The molecule has 0 aromatic carbocycles. The second-order valence-electron chi connectivity index (χ2n) is 1.40. The molecule has 0 fully saturated rings. The van der Waals surface area contributed by atoms with E-state index in [2.05, 4.69) is 0 Å². The van der Waals surface area contributed by atoms with E-state index < -0.39 is 0 Å². The second-order valence-corrected chi connectivity index (χ2v) is 1.40. The Balaban J connectivity index is 3.76. The summed E-state index contributed by atoms with van der Waals surface area (Å²) in [5, 5.41) is 0. The van der Waals surface area contributed by atoms with Crippen LogP contribution in [0, 0.1) is 0 Å². The molecule has 0 unspecified atom stereocenters. The molecule has 0 radical (unpaired) electrons. The highest BCUT2D eigenvalue weighted by Gasteiger charge is 1.82. The summed E-state index contributed by atoms with van der Waals surface area (Å²) in [5.41, 5.74) is 0. The van der Waals surface area contributed by atoms with Gasteiger partial charge in [0, 0.05) is 0 Å². The van der Waals surface area contributed by atoms with Gasteiger partial charge in [-0.2, -0.15) is 0 Å². The lowest BCUT2D eigenvalue weighted by Gasteiger charge is -1.74. The fourth-order valence-corrected chi connectivity index (χ4v) is 0.354. The molecular weight excluding hydrogens is 116 g/mol. The van der Waals surface area contributed by atoms with Crippen molar-refractivity contribution in [2.75, 3.05) is 0 Å². The molecule has 0 aliphatic rings. The Bertz CT molecular complexity index is 154. The highest BCUT2D eigenvalue weighted by molar-refractivity contribution is 6.00. The summed E-state index contributed by atoms with van der Waals surface area (Å²) >= 11 is 0. The van der Waals surface area contributed by atoms with Crippen LogP contribution in [-0.2, 0) is 9.59 Å². The van der Waals surface area contributed by atoms with Crippen molar-refractivity contribution in [1.29, 1.82) is 0 Å². The first kappa shape index (κ1) is 7.82. The molecule has 0 saturated heterocycles. The standard InChI is InChI=1S/C7H8O2/c1-2-4-7(9)5-3-6-8/h2-6H,1H3. The molecule has 0 aromatic heterocycles. The zero-order valence-electron chi connectivity index (χ0n) is 5.20. The summed E-state index contributed by atoms with van der Waals surface area (Å²) in [6, 6.07) is 0. The third kappa shape index (κ3) is 4.68. The van der Waals surface area contributed by atoms with E-state index >= 15 is 0 Å². The van der Waals surface area contributed by atoms with Gasteiger partial charge in [0.05, 0.1) is 0 Å². The largest absolute Gasteiger partial charge is 0.299 e. The van der Waals surface area contributed by atoms with E-state index in [1.54, 1.807) is 13.0 Å². The molecule has 0 aliphatic heterocycles. The Labute approximate surface area is 53.9 Å². The molecule has 0 aliphatic carbocycles. The Morgan fingerprint density at radius 1 is 1.33 bits per heavy atom. The molecule has 0 atom stereocenters. The number of allylic oxidation sites excluding steroid dienone is 4. The summed E-state index contributed by atoms with van der Waals surface area (Å²) < 4.78 is 0. The van der Waals surface area contributed by atoms with Crippen molar-refractivity contribution >= 4 is 12.1 Å². The predicted octanol–water partition coefficient (Wildman–Crippen LogP) is 0.887. The molecule has 9 heavy (non-hydrogen) atoms. The van der Waals surface area contributed by atoms with E-state index in [4.69, 9.17) is 0 Å². The van der Waals surface area contributed by atoms with Crippen LogP contribution in [0.15, 0.2) is 24.3 Å². The van der Waals surface area contributed by atoms with Crippen molar-refractivity contribution in [2.45, 2.75) is 6.92 Å². The quantitative estimate of drug-likeness (QED) is 0.413. The van der Waals surface area contributed by atoms with Gasteiger partial charge in [-0.05, 0) is 25.2 Å². The average Bonchev–Trinajstić information content (AvgIpc) is 1.85. The maximum atomic E-state index is 10.5. The first-order valence-corrected chi connectivity index (χ1v) is 2.59. The third-order valence-electron chi connectivity index (χ3n) is 0.670. The van der Waals surface area contributed by atoms with Gasteiger partial charge in [0.25, 0.3) is 0 Å². The van der Waals surface area contributed by atoms with Crippen molar-refractivity contribution < 1.29 is 9.59 Å². The first-order chi connectivity index (χ1) is 4.31. The van der Waals surface area contributed by atoms with Gasteiger partial charge < -0.3 is 0 Å².